The molecule has 8 nitrogen and oxygen atoms in total. The fraction of sp³-hybridized carbons (Fsp3) is 0.200. The van der Waals surface area contributed by atoms with Gasteiger partial charge in [0.05, 0.1) is 20.6 Å². The first kappa shape index (κ1) is 37.4. The Labute approximate surface area is 309 Å². The Hall–Kier alpha value is -4.83. The van der Waals surface area contributed by atoms with Crippen LogP contribution < -0.4 is 14.4 Å². The Morgan fingerprint density at radius 1 is 0.745 bits per heavy atom. The lowest BCUT2D eigenvalue weighted by atomic mass is 10.0. The maximum Gasteiger partial charge on any atom is 0.264 e. The van der Waals surface area contributed by atoms with Gasteiger partial charge in [0.15, 0.2) is 0 Å². The smallest absolute Gasteiger partial charge is 0.264 e. The predicted octanol–water partition coefficient (Wildman–Crippen LogP) is 8.54. The van der Waals surface area contributed by atoms with Crippen molar-refractivity contribution in [2.45, 2.75) is 43.7 Å². The van der Waals surface area contributed by atoms with Crippen molar-refractivity contribution in [3.8, 4) is 11.5 Å². The lowest BCUT2D eigenvalue weighted by Gasteiger charge is -2.34. The van der Waals surface area contributed by atoms with Gasteiger partial charge in [0.2, 0.25) is 11.8 Å². The third-order valence-corrected chi connectivity index (χ3v) is 10.7. The molecule has 2 amide bonds. The highest BCUT2D eigenvalue weighted by atomic mass is 35.5. The topological polar surface area (TPSA) is 96.0 Å². The van der Waals surface area contributed by atoms with Crippen molar-refractivity contribution in [3.63, 3.8) is 0 Å². The molecule has 51 heavy (non-hydrogen) atoms. The summed E-state index contributed by atoms with van der Waals surface area (Å²) in [6.45, 7) is 1.83. The van der Waals surface area contributed by atoms with Crippen LogP contribution >= 0.6 is 23.2 Å². The number of halogens is 2. The summed E-state index contributed by atoms with van der Waals surface area (Å²) in [5, 5.41) is 3.62. The van der Waals surface area contributed by atoms with E-state index in [1.54, 1.807) is 60.7 Å². The van der Waals surface area contributed by atoms with Gasteiger partial charge in [0.25, 0.3) is 10.0 Å². The third-order valence-electron chi connectivity index (χ3n) is 8.15. The maximum atomic E-state index is 14.7. The fourth-order valence-electron chi connectivity index (χ4n) is 5.45. The molecule has 0 unspecified atom stereocenters. The van der Waals surface area contributed by atoms with E-state index < -0.39 is 28.5 Å². The number of carbonyl (C=O) groups is 2. The average molecular weight is 745 g/mol. The van der Waals surface area contributed by atoms with Crippen LogP contribution in [0.5, 0.6) is 11.5 Å². The minimum Gasteiger partial charge on any atom is -0.457 e. The molecule has 5 aromatic carbocycles. The number of ether oxygens (including phenoxy) is 1. The van der Waals surface area contributed by atoms with Gasteiger partial charge in [-0.15, -0.1) is 0 Å². The number of rotatable bonds is 16. The second kappa shape index (κ2) is 17.9. The second-order valence-electron chi connectivity index (χ2n) is 11.9. The van der Waals surface area contributed by atoms with Crippen molar-refractivity contribution in [1.29, 1.82) is 0 Å². The van der Waals surface area contributed by atoms with Crippen LogP contribution in [0, 0.1) is 0 Å². The zero-order valence-corrected chi connectivity index (χ0v) is 30.4. The Morgan fingerprint density at radius 2 is 1.35 bits per heavy atom. The summed E-state index contributed by atoms with van der Waals surface area (Å²) in [7, 11) is -4.26. The van der Waals surface area contributed by atoms with E-state index in [-0.39, 0.29) is 29.5 Å². The minimum atomic E-state index is -4.26. The van der Waals surface area contributed by atoms with Gasteiger partial charge in [-0.1, -0.05) is 109 Å². The van der Waals surface area contributed by atoms with Crippen molar-refractivity contribution in [2.24, 2.45) is 0 Å². The number of hydrogen-bond acceptors (Lipinski definition) is 5. The van der Waals surface area contributed by atoms with Crippen LogP contribution in [0.15, 0.2) is 138 Å². The number of nitrogens with zero attached hydrogens (tertiary/aromatic N) is 2. The summed E-state index contributed by atoms with van der Waals surface area (Å²) in [6, 6.07) is 37.0. The van der Waals surface area contributed by atoms with Gasteiger partial charge < -0.3 is 15.0 Å². The third kappa shape index (κ3) is 10.1. The van der Waals surface area contributed by atoms with Crippen LogP contribution in [0.4, 0.5) is 5.69 Å². The van der Waals surface area contributed by atoms with Gasteiger partial charge in [0.1, 0.15) is 24.1 Å². The number of amides is 2. The highest BCUT2D eigenvalue weighted by Gasteiger charge is 2.34. The molecule has 0 heterocycles. The quantitative estimate of drug-likeness (QED) is 0.102. The lowest BCUT2D eigenvalue weighted by molar-refractivity contribution is -0.140. The molecule has 0 bridgehead atoms. The van der Waals surface area contributed by atoms with Gasteiger partial charge in [-0.3, -0.25) is 13.9 Å². The minimum absolute atomic E-state index is 0.0107. The molecule has 0 aliphatic carbocycles. The largest absolute Gasteiger partial charge is 0.457 e. The van der Waals surface area contributed by atoms with Crippen LogP contribution in [-0.2, 0) is 32.6 Å². The lowest BCUT2D eigenvalue weighted by Crippen LogP contribution is -2.53. The summed E-state index contributed by atoms with van der Waals surface area (Å²) >= 11 is 12.6. The van der Waals surface area contributed by atoms with Gasteiger partial charge >= 0.3 is 0 Å². The molecular formula is C40H39Cl2N3O5S. The summed E-state index contributed by atoms with van der Waals surface area (Å²) in [4.78, 5) is 30.1. The first-order valence-corrected chi connectivity index (χ1v) is 18.8. The molecule has 264 valence electrons. The number of para-hydroxylation sites is 1. The monoisotopic (exact) mass is 743 g/mol. The fourth-order valence-corrected chi connectivity index (χ4v) is 7.20. The number of nitrogens with one attached hydrogen (secondary N) is 1. The molecule has 5 aromatic rings. The Morgan fingerprint density at radius 3 is 1.98 bits per heavy atom. The van der Waals surface area contributed by atoms with E-state index in [0.717, 1.165) is 22.7 Å². The van der Waals surface area contributed by atoms with E-state index in [1.165, 1.54) is 17.0 Å². The van der Waals surface area contributed by atoms with Crippen molar-refractivity contribution in [3.05, 3.63) is 155 Å². The molecule has 0 aromatic heterocycles. The molecule has 11 heteroatoms. The van der Waals surface area contributed by atoms with E-state index in [2.05, 4.69) is 5.32 Å². The Balaban J connectivity index is 1.55. The molecule has 1 atom stereocenters. The van der Waals surface area contributed by atoms with Gasteiger partial charge in [0, 0.05) is 19.5 Å². The van der Waals surface area contributed by atoms with Crippen LogP contribution in [-0.4, -0.2) is 44.3 Å². The van der Waals surface area contributed by atoms with Crippen LogP contribution in [0.25, 0.3) is 0 Å². The first-order valence-electron chi connectivity index (χ1n) is 16.6. The maximum absolute atomic E-state index is 14.7. The number of anilines is 1. The van der Waals surface area contributed by atoms with Crippen molar-refractivity contribution in [2.75, 3.05) is 17.4 Å². The molecule has 0 aliphatic heterocycles. The van der Waals surface area contributed by atoms with E-state index >= 15 is 0 Å². The number of hydrogen-bond donors (Lipinski definition) is 1. The van der Waals surface area contributed by atoms with Gasteiger partial charge in [-0.05, 0) is 78.2 Å². The molecule has 1 N–H and O–H groups in total. The van der Waals surface area contributed by atoms with Crippen molar-refractivity contribution < 1.29 is 22.7 Å². The van der Waals surface area contributed by atoms with E-state index in [9.17, 15) is 18.0 Å². The van der Waals surface area contributed by atoms with Crippen molar-refractivity contribution >= 4 is 50.7 Å². The summed E-state index contributed by atoms with van der Waals surface area (Å²) < 4.78 is 35.6. The normalized spacial score (nSPS) is 11.7. The van der Waals surface area contributed by atoms with E-state index in [1.807, 2.05) is 67.6 Å². The summed E-state index contributed by atoms with van der Waals surface area (Å²) in [6.07, 6.45) is 1.83. The highest BCUT2D eigenvalue weighted by molar-refractivity contribution is 7.92. The average Bonchev–Trinajstić information content (AvgIpc) is 3.15. The van der Waals surface area contributed by atoms with Gasteiger partial charge in [-0.25, -0.2) is 8.42 Å². The zero-order valence-electron chi connectivity index (χ0n) is 28.1. The standard InChI is InChI=1S/C40H39Cl2N3O5S/c1-2-3-25-43-40(47)38(27-30-13-7-4-8-14-30)44(28-31-19-24-36(41)37(42)26-31)39(46)29-45(51(48,49)35-17-11-6-12-18-35)32-20-22-34(23-21-32)50-33-15-9-5-10-16-33/h4-24,26,38H,2-3,25,27-29H2,1H3,(H,43,47)/t38-/m1/s1. The molecule has 0 aliphatic rings. The first-order chi connectivity index (χ1) is 24.7. The SMILES string of the molecule is CCCCNC(=O)[C@@H](Cc1ccccc1)N(Cc1ccc(Cl)c(Cl)c1)C(=O)CN(c1ccc(Oc2ccccc2)cc1)S(=O)(=O)c1ccccc1. The van der Waals surface area contributed by atoms with E-state index in [4.69, 9.17) is 27.9 Å². The Bertz CT molecular complexity index is 2000. The molecule has 0 fully saturated rings. The summed E-state index contributed by atoms with van der Waals surface area (Å²) in [5.41, 5.74) is 1.70. The predicted molar refractivity (Wildman–Crippen MR) is 203 cm³/mol. The zero-order chi connectivity index (χ0) is 36.2. The number of sulfonamides is 1. The van der Waals surface area contributed by atoms with E-state index in [0.29, 0.717) is 33.7 Å². The molecule has 0 radical (unpaired) electrons. The number of unbranched alkanes of at least 4 members (excludes halogenated alkanes) is 1. The Kier molecular flexibility index (Phi) is 13.1. The molecular weight excluding hydrogens is 705 g/mol. The van der Waals surface area contributed by atoms with Crippen molar-refractivity contribution in [1.82, 2.24) is 10.2 Å². The number of benzene rings is 5. The molecule has 5 rings (SSSR count). The molecule has 0 saturated heterocycles. The second-order valence-corrected chi connectivity index (χ2v) is 14.5. The van der Waals surface area contributed by atoms with Crippen LogP contribution in [0.1, 0.15) is 30.9 Å². The summed E-state index contributed by atoms with van der Waals surface area (Å²) in [5.74, 6) is 0.174. The van der Waals surface area contributed by atoms with Crippen LogP contribution in [0.3, 0.4) is 0 Å². The highest BCUT2D eigenvalue weighted by Crippen LogP contribution is 2.29. The molecule has 0 spiro atoms. The van der Waals surface area contributed by atoms with Gasteiger partial charge in [-0.2, -0.15) is 0 Å². The van der Waals surface area contributed by atoms with Crippen LogP contribution in [0.2, 0.25) is 10.0 Å². The number of carbonyl (C=O) groups excluding carboxylic acids is 2. The molecule has 0 saturated carbocycles.